The van der Waals surface area contributed by atoms with E-state index in [0.29, 0.717) is 18.3 Å². The van der Waals surface area contributed by atoms with Crippen molar-refractivity contribution in [3.05, 3.63) is 89.7 Å². The van der Waals surface area contributed by atoms with Crippen molar-refractivity contribution >= 4 is 5.95 Å². The molecule has 2 aromatic heterocycles. The molecule has 2 unspecified atom stereocenters. The summed E-state index contributed by atoms with van der Waals surface area (Å²) in [5, 5.41) is 6.86. The summed E-state index contributed by atoms with van der Waals surface area (Å²) in [5.74, 6) is 3.33. The van der Waals surface area contributed by atoms with Crippen LogP contribution >= 0.6 is 0 Å². The third kappa shape index (κ3) is 3.55. The van der Waals surface area contributed by atoms with Gasteiger partial charge in [0.25, 0.3) is 0 Å². The van der Waals surface area contributed by atoms with Gasteiger partial charge in [-0.2, -0.15) is 4.98 Å². The zero-order valence-electron chi connectivity index (χ0n) is 18.4. The van der Waals surface area contributed by atoms with Gasteiger partial charge in [0, 0.05) is 17.2 Å². The van der Waals surface area contributed by atoms with Crippen molar-refractivity contribution in [2.45, 2.75) is 37.7 Å². The number of nitrogens with one attached hydrogen (secondary N) is 1. The van der Waals surface area contributed by atoms with Gasteiger partial charge >= 0.3 is 0 Å². The van der Waals surface area contributed by atoms with Crippen molar-refractivity contribution in [2.24, 2.45) is 11.8 Å². The summed E-state index contributed by atoms with van der Waals surface area (Å²) >= 11 is 0. The zero-order chi connectivity index (χ0) is 22.3. The molecule has 2 aliphatic carbocycles. The fourth-order valence-electron chi connectivity index (χ4n) is 6.02. The van der Waals surface area contributed by atoms with Crippen LogP contribution in [-0.4, -0.2) is 20.2 Å². The molecule has 0 aliphatic heterocycles. The number of aromatic amines is 1. The predicted octanol–water partition coefficient (Wildman–Crippen LogP) is 5.13. The number of anilines is 1. The Morgan fingerprint density at radius 3 is 2.36 bits per heavy atom. The van der Waals surface area contributed by atoms with Gasteiger partial charge in [0.15, 0.2) is 5.82 Å². The summed E-state index contributed by atoms with van der Waals surface area (Å²) in [6, 6.07) is 23.4. The highest BCUT2D eigenvalue weighted by atomic mass is 16.5. The van der Waals surface area contributed by atoms with Crippen LogP contribution in [0.2, 0.25) is 0 Å². The van der Waals surface area contributed by atoms with E-state index >= 15 is 0 Å². The lowest BCUT2D eigenvalue weighted by atomic mass is 9.64. The van der Waals surface area contributed by atoms with Crippen molar-refractivity contribution in [2.75, 3.05) is 5.73 Å². The van der Waals surface area contributed by atoms with Crippen molar-refractivity contribution < 1.29 is 4.74 Å². The normalized spacial score (nSPS) is 23.6. The van der Waals surface area contributed by atoms with Gasteiger partial charge in [-0.1, -0.05) is 48.9 Å². The van der Waals surface area contributed by atoms with Crippen molar-refractivity contribution in [3.63, 3.8) is 0 Å². The molecule has 6 rings (SSSR count). The Morgan fingerprint density at radius 2 is 1.76 bits per heavy atom. The zero-order valence-corrected chi connectivity index (χ0v) is 18.4. The molecule has 2 heterocycles. The number of nitrogens with zero attached hydrogens (tertiary/aromatic N) is 3. The highest BCUT2D eigenvalue weighted by Crippen LogP contribution is 2.60. The van der Waals surface area contributed by atoms with Gasteiger partial charge in [-0.15, -0.1) is 5.10 Å². The van der Waals surface area contributed by atoms with E-state index < -0.39 is 0 Å². The van der Waals surface area contributed by atoms with E-state index in [-0.39, 0.29) is 11.4 Å². The van der Waals surface area contributed by atoms with Crippen molar-refractivity contribution in [1.29, 1.82) is 0 Å². The number of H-pyrrole nitrogens is 1. The Morgan fingerprint density at radius 1 is 0.970 bits per heavy atom. The van der Waals surface area contributed by atoms with Crippen LogP contribution in [0.1, 0.15) is 42.5 Å². The molecule has 6 heteroatoms. The largest absolute Gasteiger partial charge is 0.487 e. The average molecular weight is 438 g/mol. The maximum absolute atomic E-state index is 5.99. The minimum Gasteiger partial charge on any atom is -0.487 e. The monoisotopic (exact) mass is 437 g/mol. The maximum atomic E-state index is 5.99. The molecule has 6 nitrogen and oxygen atoms in total. The van der Waals surface area contributed by atoms with Crippen LogP contribution in [-0.2, 0) is 12.0 Å². The molecule has 166 valence electrons. The van der Waals surface area contributed by atoms with E-state index in [1.165, 1.54) is 36.8 Å². The Bertz CT molecular complexity index is 1240. The van der Waals surface area contributed by atoms with Crippen LogP contribution < -0.4 is 10.5 Å². The lowest BCUT2D eigenvalue weighted by Gasteiger charge is -2.39. The van der Waals surface area contributed by atoms with Gasteiger partial charge in [0.1, 0.15) is 12.4 Å². The number of nitrogen functional groups attached to an aromatic ring is 1. The van der Waals surface area contributed by atoms with E-state index in [9.17, 15) is 0 Å². The van der Waals surface area contributed by atoms with Crippen LogP contribution in [0.3, 0.4) is 0 Å². The van der Waals surface area contributed by atoms with E-state index in [0.717, 1.165) is 22.9 Å². The van der Waals surface area contributed by atoms with E-state index in [1.54, 1.807) is 6.20 Å². The molecule has 4 aromatic rings. The molecule has 2 aliphatic rings. The molecule has 0 spiro atoms. The van der Waals surface area contributed by atoms with Gasteiger partial charge in [-0.05, 0) is 66.5 Å². The first-order chi connectivity index (χ1) is 16.2. The molecule has 33 heavy (non-hydrogen) atoms. The fourth-order valence-corrected chi connectivity index (χ4v) is 6.02. The maximum Gasteiger partial charge on any atom is 0.239 e. The third-order valence-corrected chi connectivity index (χ3v) is 7.51. The Balaban J connectivity index is 1.29. The van der Waals surface area contributed by atoms with Crippen LogP contribution in [0.15, 0.2) is 72.9 Å². The van der Waals surface area contributed by atoms with Gasteiger partial charge in [-0.3, -0.25) is 10.1 Å². The fraction of sp³-hybridized carbons (Fsp3) is 0.296. The van der Waals surface area contributed by atoms with E-state index in [2.05, 4.69) is 68.7 Å². The number of aromatic nitrogens is 4. The number of pyridine rings is 1. The second-order valence-corrected chi connectivity index (χ2v) is 9.31. The first kappa shape index (κ1) is 20.0. The summed E-state index contributed by atoms with van der Waals surface area (Å²) in [5.41, 5.74) is 10.4. The van der Waals surface area contributed by atoms with Crippen molar-refractivity contribution in [1.82, 2.24) is 20.2 Å². The Labute approximate surface area is 193 Å². The third-order valence-electron chi connectivity index (χ3n) is 7.51. The van der Waals surface area contributed by atoms with Crippen LogP contribution in [0.4, 0.5) is 5.95 Å². The number of ether oxygens (including phenoxy) is 1. The summed E-state index contributed by atoms with van der Waals surface area (Å²) in [6.45, 7) is 0.476. The molecular formula is C27H27N5O. The lowest BCUT2D eigenvalue weighted by molar-refractivity contribution is 0.299. The second kappa shape index (κ2) is 8.03. The summed E-state index contributed by atoms with van der Waals surface area (Å²) in [6.07, 6.45) is 6.97. The quantitative estimate of drug-likeness (QED) is 0.436. The van der Waals surface area contributed by atoms with E-state index in [4.69, 9.17) is 10.5 Å². The minimum absolute atomic E-state index is 0.0569. The molecular weight excluding hydrogens is 410 g/mol. The smallest absolute Gasteiger partial charge is 0.239 e. The summed E-state index contributed by atoms with van der Waals surface area (Å²) < 4.78 is 5.99. The molecule has 2 aromatic carbocycles. The molecule has 0 saturated heterocycles. The van der Waals surface area contributed by atoms with Gasteiger partial charge in [-0.25, -0.2) is 0 Å². The van der Waals surface area contributed by atoms with Crippen molar-refractivity contribution in [3.8, 4) is 17.1 Å². The highest BCUT2D eigenvalue weighted by molar-refractivity contribution is 5.58. The van der Waals surface area contributed by atoms with Gasteiger partial charge in [0.2, 0.25) is 5.95 Å². The average Bonchev–Trinajstić information content (AvgIpc) is 3.61. The summed E-state index contributed by atoms with van der Waals surface area (Å²) in [4.78, 5) is 8.60. The van der Waals surface area contributed by atoms with E-state index in [1.807, 2.05) is 18.2 Å². The molecule has 2 fully saturated rings. The first-order valence-electron chi connectivity index (χ1n) is 11.6. The van der Waals surface area contributed by atoms with Crippen LogP contribution in [0.5, 0.6) is 5.75 Å². The van der Waals surface area contributed by atoms with Crippen LogP contribution in [0.25, 0.3) is 11.4 Å². The number of hydrogen-bond donors (Lipinski definition) is 2. The molecule has 3 atom stereocenters. The molecule has 2 bridgehead atoms. The lowest BCUT2D eigenvalue weighted by Crippen LogP contribution is -2.34. The predicted molar refractivity (Wildman–Crippen MR) is 127 cm³/mol. The number of hydrogen-bond acceptors (Lipinski definition) is 5. The standard InChI is InChI=1S/C27H27N5O/c28-26-30-25(31-32-26)19-5-8-20(9-6-19)27(16-18-4-7-22(27)15-18)21-10-12-24(13-11-21)33-17-23-3-1-2-14-29-23/h1-3,5-6,8-14,18,22H,4,7,15-17H2,(H3,28,30,31,32)/t18?,22?,27-/m0/s1. The molecule has 0 amide bonds. The Hall–Kier alpha value is -3.67. The Kier molecular flexibility index (Phi) is 4.86. The molecule has 2 saturated carbocycles. The highest BCUT2D eigenvalue weighted by Gasteiger charge is 2.52. The summed E-state index contributed by atoms with van der Waals surface area (Å²) in [7, 11) is 0. The first-order valence-corrected chi connectivity index (χ1v) is 11.6. The number of nitrogens with two attached hydrogens (primary N) is 1. The van der Waals surface area contributed by atoms with Gasteiger partial charge in [0.05, 0.1) is 5.69 Å². The number of benzene rings is 2. The number of rotatable bonds is 6. The number of fused-ring (bicyclic) bond motifs is 2. The molecule has 0 radical (unpaired) electrons. The van der Waals surface area contributed by atoms with Gasteiger partial charge < -0.3 is 10.5 Å². The SMILES string of the molecule is Nc1n[nH]c(-c2ccc([C@]3(c4ccc(OCc5ccccn5)cc4)CC4CCC3C4)cc2)n1. The minimum atomic E-state index is 0.0569. The van der Waals surface area contributed by atoms with Crippen LogP contribution in [0, 0.1) is 11.8 Å². The molecule has 3 N–H and O–H groups in total. The topological polar surface area (TPSA) is 89.7 Å². The second-order valence-electron chi connectivity index (χ2n) is 9.31.